The van der Waals surface area contributed by atoms with E-state index in [1.54, 1.807) is 0 Å². The highest BCUT2D eigenvalue weighted by molar-refractivity contribution is 7.99. The first-order chi connectivity index (χ1) is 11.5. The standard InChI is InChI=1S/C17H21N5OS/c1-10-4-3-5-14(11(10)2)21-15(23)9-24-17-13(8-19)6-12(7-18)16(20)22-17/h6,10-11,14H,3-5,9H2,1-2H3,(H2,20,22)(H,21,23)/p+1/t10-,11-,14+/m1/s1. The number of nitrogens with one attached hydrogen (secondary N) is 2. The molecule has 24 heavy (non-hydrogen) atoms. The number of amides is 1. The summed E-state index contributed by atoms with van der Waals surface area (Å²) in [6.45, 7) is 4.41. The van der Waals surface area contributed by atoms with Gasteiger partial charge in [-0.05, 0) is 24.3 Å². The number of hydrogen-bond donors (Lipinski definition) is 2. The van der Waals surface area contributed by atoms with Gasteiger partial charge in [-0.1, -0.05) is 38.5 Å². The molecule has 0 spiro atoms. The van der Waals surface area contributed by atoms with E-state index in [-0.39, 0.29) is 29.1 Å². The summed E-state index contributed by atoms with van der Waals surface area (Å²) in [5.41, 5.74) is 6.29. The fraction of sp³-hybridized carbons (Fsp3) is 0.529. The maximum atomic E-state index is 12.2. The smallest absolute Gasteiger partial charge is 0.289 e. The highest BCUT2D eigenvalue weighted by atomic mass is 32.2. The first-order valence-electron chi connectivity index (χ1n) is 8.04. The molecule has 1 heterocycles. The van der Waals surface area contributed by atoms with Gasteiger partial charge in [-0.3, -0.25) is 10.5 Å². The Hall–Kier alpha value is -2.25. The second-order valence-electron chi connectivity index (χ2n) is 6.29. The molecular weight excluding hydrogens is 322 g/mol. The molecule has 0 aliphatic heterocycles. The van der Waals surface area contributed by atoms with E-state index in [1.165, 1.54) is 24.2 Å². The SMILES string of the molecule is C[C@@H]1[C@H](C)CCC[C@@H]1NC(=O)CSc1[nH+]c(N)c(C#N)cc1C#N. The monoisotopic (exact) mass is 344 g/mol. The van der Waals surface area contributed by atoms with E-state index < -0.39 is 0 Å². The van der Waals surface area contributed by atoms with Gasteiger partial charge in [0.2, 0.25) is 5.91 Å². The van der Waals surface area contributed by atoms with E-state index in [9.17, 15) is 10.1 Å². The molecule has 0 saturated heterocycles. The number of nitriles is 2. The Kier molecular flexibility index (Phi) is 6.05. The predicted molar refractivity (Wildman–Crippen MR) is 91.7 cm³/mol. The first-order valence-corrected chi connectivity index (χ1v) is 9.03. The molecule has 126 valence electrons. The van der Waals surface area contributed by atoms with Crippen LogP contribution in [0.5, 0.6) is 0 Å². The number of aromatic nitrogens is 1. The fourth-order valence-electron chi connectivity index (χ4n) is 3.01. The minimum absolute atomic E-state index is 0.0498. The Labute approximate surface area is 146 Å². The van der Waals surface area contributed by atoms with Crippen molar-refractivity contribution in [1.29, 1.82) is 10.5 Å². The van der Waals surface area contributed by atoms with Crippen LogP contribution in [0.4, 0.5) is 5.82 Å². The molecule has 1 aliphatic rings. The molecule has 6 nitrogen and oxygen atoms in total. The largest absolute Gasteiger partial charge is 0.352 e. The molecule has 0 radical (unpaired) electrons. The van der Waals surface area contributed by atoms with E-state index in [0.29, 0.717) is 22.4 Å². The van der Waals surface area contributed by atoms with Crippen molar-refractivity contribution >= 4 is 23.5 Å². The van der Waals surface area contributed by atoms with Crippen molar-refractivity contribution in [3.63, 3.8) is 0 Å². The summed E-state index contributed by atoms with van der Waals surface area (Å²) in [6, 6.07) is 5.61. The van der Waals surface area contributed by atoms with Crippen LogP contribution in [0, 0.1) is 34.5 Å². The molecule has 3 atom stereocenters. The number of carbonyl (C=O) groups excluding carboxylic acids is 1. The number of nitrogens with two attached hydrogens (primary N) is 1. The lowest BCUT2D eigenvalue weighted by atomic mass is 9.78. The summed E-state index contributed by atoms with van der Waals surface area (Å²) < 4.78 is 0. The van der Waals surface area contributed by atoms with Gasteiger partial charge in [-0.25, -0.2) is 4.98 Å². The zero-order valence-corrected chi connectivity index (χ0v) is 14.7. The van der Waals surface area contributed by atoms with Crippen LogP contribution in [0.15, 0.2) is 11.1 Å². The fourth-order valence-corrected chi connectivity index (χ4v) is 3.81. The molecule has 4 N–H and O–H groups in total. The number of hydrogen-bond acceptors (Lipinski definition) is 5. The Morgan fingerprint density at radius 2 is 2.08 bits per heavy atom. The summed E-state index contributed by atoms with van der Waals surface area (Å²) in [7, 11) is 0. The molecule has 1 aliphatic carbocycles. The number of carbonyl (C=O) groups is 1. The average Bonchev–Trinajstić information content (AvgIpc) is 2.57. The zero-order valence-electron chi connectivity index (χ0n) is 13.9. The van der Waals surface area contributed by atoms with Gasteiger partial charge in [-0.15, -0.1) is 0 Å². The highest BCUT2D eigenvalue weighted by Gasteiger charge is 2.28. The third-order valence-corrected chi connectivity index (χ3v) is 5.73. The number of nitrogens with zero attached hydrogens (tertiary/aromatic N) is 2. The lowest BCUT2D eigenvalue weighted by molar-refractivity contribution is -0.410. The van der Waals surface area contributed by atoms with E-state index >= 15 is 0 Å². The number of anilines is 1. The van der Waals surface area contributed by atoms with Crippen molar-refractivity contribution in [3.8, 4) is 12.1 Å². The summed E-state index contributed by atoms with van der Waals surface area (Å²) in [5, 5.41) is 21.7. The second kappa shape index (κ2) is 8.03. The number of aromatic amines is 1. The van der Waals surface area contributed by atoms with Crippen molar-refractivity contribution in [2.75, 3.05) is 11.5 Å². The number of H-pyrrole nitrogens is 1. The summed E-state index contributed by atoms with van der Waals surface area (Å²) >= 11 is 1.22. The quantitative estimate of drug-likeness (QED) is 0.809. The van der Waals surface area contributed by atoms with Crippen LogP contribution in [-0.2, 0) is 4.79 Å². The van der Waals surface area contributed by atoms with Crippen molar-refractivity contribution in [1.82, 2.24) is 5.32 Å². The minimum atomic E-state index is -0.0498. The third-order valence-electron chi connectivity index (χ3n) is 4.71. The maximum Gasteiger partial charge on any atom is 0.289 e. The molecule has 0 aromatic carbocycles. The zero-order chi connectivity index (χ0) is 17.7. The second-order valence-corrected chi connectivity index (χ2v) is 7.28. The van der Waals surface area contributed by atoms with Crippen molar-refractivity contribution in [2.24, 2.45) is 11.8 Å². The Morgan fingerprint density at radius 1 is 1.38 bits per heavy atom. The predicted octanol–water partition coefficient (Wildman–Crippen LogP) is 1.86. The van der Waals surface area contributed by atoms with E-state index in [1.807, 2.05) is 12.1 Å². The van der Waals surface area contributed by atoms with Crippen molar-refractivity contribution in [2.45, 2.75) is 44.2 Å². The molecule has 1 aromatic rings. The summed E-state index contributed by atoms with van der Waals surface area (Å²) in [4.78, 5) is 15.1. The van der Waals surface area contributed by atoms with Gasteiger partial charge < -0.3 is 5.32 Å². The summed E-state index contributed by atoms with van der Waals surface area (Å²) in [5.74, 6) is 1.45. The molecule has 1 saturated carbocycles. The van der Waals surface area contributed by atoms with Crippen LogP contribution >= 0.6 is 11.8 Å². The van der Waals surface area contributed by atoms with Gasteiger partial charge in [0.15, 0.2) is 5.03 Å². The topological polar surface area (TPSA) is 117 Å². The molecule has 7 heteroatoms. The van der Waals surface area contributed by atoms with Gasteiger partial charge >= 0.3 is 0 Å². The van der Waals surface area contributed by atoms with Crippen molar-refractivity contribution < 1.29 is 9.78 Å². The van der Waals surface area contributed by atoms with E-state index in [4.69, 9.17) is 11.0 Å². The number of nitrogen functional groups attached to an aromatic ring is 1. The van der Waals surface area contributed by atoms with E-state index in [0.717, 1.165) is 12.8 Å². The third kappa shape index (κ3) is 4.18. The normalized spacial score (nSPS) is 23.1. The van der Waals surface area contributed by atoms with Crippen LogP contribution in [0.3, 0.4) is 0 Å². The van der Waals surface area contributed by atoms with Crippen LogP contribution in [0.25, 0.3) is 0 Å². The minimum Gasteiger partial charge on any atom is -0.352 e. The lowest BCUT2D eigenvalue weighted by Crippen LogP contribution is -2.44. The first kappa shape index (κ1) is 18.1. The molecule has 2 rings (SSSR count). The van der Waals surface area contributed by atoms with Gasteiger partial charge in [0.25, 0.3) is 5.82 Å². The molecule has 0 unspecified atom stereocenters. The molecule has 1 fully saturated rings. The van der Waals surface area contributed by atoms with Crippen LogP contribution in [0.1, 0.15) is 44.2 Å². The highest BCUT2D eigenvalue weighted by Crippen LogP contribution is 2.29. The molecule has 1 amide bonds. The number of pyridine rings is 1. The maximum absolute atomic E-state index is 12.2. The summed E-state index contributed by atoms with van der Waals surface area (Å²) in [6.07, 6.45) is 3.37. The lowest BCUT2D eigenvalue weighted by Gasteiger charge is -2.34. The number of rotatable bonds is 4. The Balaban J connectivity index is 1.98. The molecule has 1 aromatic heterocycles. The van der Waals surface area contributed by atoms with Gasteiger partial charge in [0.05, 0.1) is 5.75 Å². The Morgan fingerprint density at radius 3 is 2.75 bits per heavy atom. The van der Waals surface area contributed by atoms with E-state index in [2.05, 4.69) is 24.1 Å². The Bertz CT molecular complexity index is 706. The van der Waals surface area contributed by atoms with Gasteiger partial charge in [0.1, 0.15) is 23.3 Å². The van der Waals surface area contributed by atoms with Crippen LogP contribution < -0.4 is 16.0 Å². The van der Waals surface area contributed by atoms with Gasteiger partial charge in [-0.2, -0.15) is 10.5 Å². The van der Waals surface area contributed by atoms with Gasteiger partial charge in [0, 0.05) is 6.04 Å². The van der Waals surface area contributed by atoms with Crippen LogP contribution in [-0.4, -0.2) is 17.7 Å². The molecular formula is C17H22N5OS+. The average molecular weight is 344 g/mol. The van der Waals surface area contributed by atoms with Crippen molar-refractivity contribution in [3.05, 3.63) is 17.2 Å². The number of thioether (sulfide) groups is 1. The van der Waals surface area contributed by atoms with Crippen LogP contribution in [0.2, 0.25) is 0 Å². The molecule has 0 bridgehead atoms.